The fourth-order valence-corrected chi connectivity index (χ4v) is 1.28. The largest absolute Gasteiger partial charge is 0.363 e. The minimum absolute atomic E-state index is 0.0342. The van der Waals surface area contributed by atoms with Crippen molar-refractivity contribution in [3.8, 4) is 11.8 Å². The lowest BCUT2D eigenvalue weighted by Gasteiger charge is -2.05. The van der Waals surface area contributed by atoms with Gasteiger partial charge in [0.15, 0.2) is 0 Å². The third-order valence-electron chi connectivity index (χ3n) is 2.03. The Morgan fingerprint density at radius 3 is 3.00 bits per heavy atom. The average Bonchev–Trinajstić information content (AvgIpc) is 2.24. The Labute approximate surface area is 94.0 Å². The Bertz CT molecular complexity index is 446. The molecule has 0 spiro atoms. The third kappa shape index (κ3) is 2.95. The van der Waals surface area contributed by atoms with Crippen LogP contribution in [0.25, 0.3) is 0 Å². The maximum absolute atomic E-state index is 10.8. The molecular weight excluding hydrogens is 206 g/mol. The SMILES string of the molecule is CC#CCCNc1nccc(C)c1[N+](=O)[O-]. The van der Waals surface area contributed by atoms with E-state index in [1.54, 1.807) is 26.1 Å². The van der Waals surface area contributed by atoms with Crippen molar-refractivity contribution in [1.29, 1.82) is 0 Å². The van der Waals surface area contributed by atoms with E-state index in [1.165, 1.54) is 0 Å². The number of nitro groups is 1. The van der Waals surface area contributed by atoms with E-state index in [0.29, 0.717) is 24.3 Å². The first-order chi connectivity index (χ1) is 7.66. The zero-order valence-electron chi connectivity index (χ0n) is 9.28. The van der Waals surface area contributed by atoms with Crippen LogP contribution in [0, 0.1) is 28.9 Å². The molecule has 0 saturated heterocycles. The van der Waals surface area contributed by atoms with Crippen molar-refractivity contribution in [2.45, 2.75) is 20.3 Å². The van der Waals surface area contributed by atoms with Gasteiger partial charge in [0.05, 0.1) is 4.92 Å². The number of nitrogens with one attached hydrogen (secondary N) is 1. The molecule has 1 heterocycles. The van der Waals surface area contributed by atoms with E-state index in [2.05, 4.69) is 22.1 Å². The summed E-state index contributed by atoms with van der Waals surface area (Å²) < 4.78 is 0. The molecule has 5 nitrogen and oxygen atoms in total. The molecule has 0 aromatic carbocycles. The van der Waals surface area contributed by atoms with Gasteiger partial charge in [-0.15, -0.1) is 11.8 Å². The van der Waals surface area contributed by atoms with E-state index in [-0.39, 0.29) is 5.69 Å². The van der Waals surface area contributed by atoms with Gasteiger partial charge in [-0.25, -0.2) is 4.98 Å². The molecule has 0 amide bonds. The van der Waals surface area contributed by atoms with E-state index in [1.807, 2.05) is 0 Å². The summed E-state index contributed by atoms with van der Waals surface area (Å²) in [7, 11) is 0. The second kappa shape index (κ2) is 5.71. The van der Waals surface area contributed by atoms with Crippen molar-refractivity contribution >= 4 is 11.5 Å². The maximum Gasteiger partial charge on any atom is 0.314 e. The highest BCUT2D eigenvalue weighted by Gasteiger charge is 2.17. The fourth-order valence-electron chi connectivity index (χ4n) is 1.28. The first-order valence-corrected chi connectivity index (χ1v) is 4.90. The van der Waals surface area contributed by atoms with Crippen molar-refractivity contribution in [2.24, 2.45) is 0 Å². The number of hydrogen-bond donors (Lipinski definition) is 1. The third-order valence-corrected chi connectivity index (χ3v) is 2.03. The van der Waals surface area contributed by atoms with Crippen molar-refractivity contribution in [3.63, 3.8) is 0 Å². The molecule has 0 aliphatic rings. The monoisotopic (exact) mass is 219 g/mol. The molecule has 0 fully saturated rings. The summed E-state index contributed by atoms with van der Waals surface area (Å²) in [5.41, 5.74) is 0.635. The number of anilines is 1. The number of hydrogen-bond acceptors (Lipinski definition) is 4. The van der Waals surface area contributed by atoms with Crippen LogP contribution in [-0.4, -0.2) is 16.5 Å². The van der Waals surface area contributed by atoms with Crippen molar-refractivity contribution < 1.29 is 4.92 Å². The summed E-state index contributed by atoms with van der Waals surface area (Å²) in [6, 6.07) is 1.62. The maximum atomic E-state index is 10.8. The zero-order valence-corrected chi connectivity index (χ0v) is 9.28. The minimum atomic E-state index is -0.420. The van der Waals surface area contributed by atoms with Crippen LogP contribution in [-0.2, 0) is 0 Å². The smallest absolute Gasteiger partial charge is 0.314 e. The van der Waals surface area contributed by atoms with Gasteiger partial charge in [-0.1, -0.05) is 0 Å². The zero-order chi connectivity index (χ0) is 12.0. The predicted molar refractivity (Wildman–Crippen MR) is 62.2 cm³/mol. The number of aromatic nitrogens is 1. The highest BCUT2D eigenvalue weighted by molar-refractivity contribution is 5.59. The predicted octanol–water partition coefficient (Wildman–Crippen LogP) is 2.12. The van der Waals surface area contributed by atoms with E-state index < -0.39 is 4.92 Å². The molecule has 1 rings (SSSR count). The summed E-state index contributed by atoms with van der Waals surface area (Å²) in [5.74, 6) is 5.94. The van der Waals surface area contributed by atoms with Gasteiger partial charge >= 0.3 is 5.69 Å². The van der Waals surface area contributed by atoms with Crippen molar-refractivity contribution in [1.82, 2.24) is 4.98 Å². The molecule has 0 bridgehead atoms. The Morgan fingerprint density at radius 2 is 2.38 bits per heavy atom. The lowest BCUT2D eigenvalue weighted by Crippen LogP contribution is -2.06. The topological polar surface area (TPSA) is 68.1 Å². The Morgan fingerprint density at radius 1 is 1.62 bits per heavy atom. The normalized spacial score (nSPS) is 9.12. The summed E-state index contributed by atoms with van der Waals surface area (Å²) in [6.45, 7) is 4.00. The van der Waals surface area contributed by atoms with Gasteiger partial charge in [0.25, 0.3) is 0 Å². The minimum Gasteiger partial charge on any atom is -0.363 e. The standard InChI is InChI=1S/C11H13N3O2/c1-3-4-5-7-12-11-10(14(15)16)9(2)6-8-13-11/h6,8H,5,7H2,1-2H3,(H,12,13). The molecule has 84 valence electrons. The molecular formula is C11H13N3O2. The second-order valence-electron chi connectivity index (χ2n) is 3.19. The average molecular weight is 219 g/mol. The quantitative estimate of drug-likeness (QED) is 0.364. The van der Waals surface area contributed by atoms with Crippen LogP contribution >= 0.6 is 0 Å². The lowest BCUT2D eigenvalue weighted by atomic mass is 10.2. The molecule has 0 saturated carbocycles. The molecule has 0 aliphatic heterocycles. The molecule has 0 radical (unpaired) electrons. The van der Waals surface area contributed by atoms with Crippen LogP contribution < -0.4 is 5.32 Å². The lowest BCUT2D eigenvalue weighted by molar-refractivity contribution is -0.384. The summed E-state index contributed by atoms with van der Waals surface area (Å²) in [5, 5.41) is 13.7. The van der Waals surface area contributed by atoms with Gasteiger partial charge in [-0.3, -0.25) is 10.1 Å². The van der Waals surface area contributed by atoms with Crippen molar-refractivity contribution in [2.75, 3.05) is 11.9 Å². The Balaban J connectivity index is 2.81. The van der Waals surface area contributed by atoms with Crippen molar-refractivity contribution in [3.05, 3.63) is 27.9 Å². The van der Waals surface area contributed by atoms with Gasteiger partial charge in [0, 0.05) is 24.7 Å². The van der Waals surface area contributed by atoms with Crippen LogP contribution in [0.5, 0.6) is 0 Å². The van der Waals surface area contributed by atoms with Crippen LogP contribution in [0.3, 0.4) is 0 Å². The summed E-state index contributed by atoms with van der Waals surface area (Å²) in [6.07, 6.45) is 2.19. The summed E-state index contributed by atoms with van der Waals surface area (Å²) >= 11 is 0. The molecule has 5 heteroatoms. The van der Waals surface area contributed by atoms with E-state index in [0.717, 1.165) is 0 Å². The van der Waals surface area contributed by atoms with E-state index in [4.69, 9.17) is 0 Å². The van der Waals surface area contributed by atoms with Gasteiger partial charge < -0.3 is 5.32 Å². The van der Waals surface area contributed by atoms with Crippen LogP contribution in [0.4, 0.5) is 11.5 Å². The van der Waals surface area contributed by atoms with Crippen LogP contribution in [0.2, 0.25) is 0 Å². The van der Waals surface area contributed by atoms with Gasteiger partial charge in [-0.05, 0) is 19.9 Å². The van der Waals surface area contributed by atoms with Crippen LogP contribution in [0.15, 0.2) is 12.3 Å². The number of pyridine rings is 1. The number of rotatable bonds is 4. The highest BCUT2D eigenvalue weighted by atomic mass is 16.6. The van der Waals surface area contributed by atoms with Gasteiger partial charge in [0.2, 0.25) is 5.82 Å². The molecule has 16 heavy (non-hydrogen) atoms. The molecule has 1 aromatic rings. The molecule has 0 unspecified atom stereocenters. The Hall–Kier alpha value is -2.09. The van der Waals surface area contributed by atoms with Gasteiger partial charge in [-0.2, -0.15) is 0 Å². The van der Waals surface area contributed by atoms with Crippen LogP contribution in [0.1, 0.15) is 18.9 Å². The summed E-state index contributed by atoms with van der Waals surface area (Å²) in [4.78, 5) is 14.4. The second-order valence-corrected chi connectivity index (χ2v) is 3.19. The van der Waals surface area contributed by atoms with E-state index in [9.17, 15) is 10.1 Å². The molecule has 1 N–H and O–H groups in total. The molecule has 0 atom stereocenters. The first kappa shape index (κ1) is 12.0. The molecule has 1 aromatic heterocycles. The number of nitrogens with zero attached hydrogens (tertiary/aromatic N) is 2. The highest BCUT2D eigenvalue weighted by Crippen LogP contribution is 2.25. The Kier molecular flexibility index (Phi) is 4.28. The number of aryl methyl sites for hydroxylation is 1. The first-order valence-electron chi connectivity index (χ1n) is 4.90. The van der Waals surface area contributed by atoms with Gasteiger partial charge in [0.1, 0.15) is 0 Å². The molecule has 0 aliphatic carbocycles. The van der Waals surface area contributed by atoms with E-state index >= 15 is 0 Å². The fraction of sp³-hybridized carbons (Fsp3) is 0.364.